The zero-order chi connectivity index (χ0) is 16.3. The van der Waals surface area contributed by atoms with Crippen molar-refractivity contribution in [1.29, 1.82) is 0 Å². The predicted molar refractivity (Wildman–Crippen MR) is 103 cm³/mol. The lowest BCUT2D eigenvalue weighted by atomic mass is 10.1. The van der Waals surface area contributed by atoms with Crippen LogP contribution in [0.2, 0.25) is 0 Å². The molecule has 5 heteroatoms. The Bertz CT molecular complexity index is 743. The van der Waals surface area contributed by atoms with Crippen molar-refractivity contribution in [3.05, 3.63) is 62.2 Å². The van der Waals surface area contributed by atoms with Gasteiger partial charge in [-0.25, -0.2) is 0 Å². The first-order valence-electron chi connectivity index (χ1n) is 6.82. The molecule has 0 bridgehead atoms. The second-order valence-corrected chi connectivity index (χ2v) is 6.76. The zero-order valence-corrected chi connectivity index (χ0v) is 15.6. The second kappa shape index (κ2) is 7.19. The molecule has 22 heavy (non-hydrogen) atoms. The number of hydrogen-bond acceptors (Lipinski definition) is 2. The van der Waals surface area contributed by atoms with Gasteiger partial charge in [-0.05, 0) is 91.0 Å². The molecule has 3 nitrogen and oxygen atoms in total. The van der Waals surface area contributed by atoms with E-state index < -0.39 is 0 Å². The van der Waals surface area contributed by atoms with Gasteiger partial charge in [-0.3, -0.25) is 10.1 Å². The first-order valence-corrected chi connectivity index (χ1v) is 8.31. The van der Waals surface area contributed by atoms with Crippen LogP contribution in [0.15, 0.2) is 36.4 Å². The lowest BCUT2D eigenvalue weighted by Gasteiger charge is -2.13. The maximum atomic E-state index is 12.2. The molecule has 0 unspecified atom stereocenters. The molecule has 2 rings (SSSR count). The van der Waals surface area contributed by atoms with E-state index in [2.05, 4.69) is 39.3 Å². The first-order chi connectivity index (χ1) is 10.4. The van der Waals surface area contributed by atoms with Gasteiger partial charge in [0.15, 0.2) is 5.11 Å². The van der Waals surface area contributed by atoms with Gasteiger partial charge in [-0.1, -0.05) is 17.7 Å². The molecular formula is C17H17IN2OS. The van der Waals surface area contributed by atoms with Crippen LogP contribution >= 0.6 is 34.8 Å². The molecule has 0 heterocycles. The molecule has 2 aromatic rings. The molecule has 2 aromatic carbocycles. The lowest BCUT2D eigenvalue weighted by molar-refractivity contribution is 0.0977. The van der Waals surface area contributed by atoms with Gasteiger partial charge in [0.2, 0.25) is 0 Å². The van der Waals surface area contributed by atoms with Gasteiger partial charge < -0.3 is 5.32 Å². The summed E-state index contributed by atoms with van der Waals surface area (Å²) in [6.45, 7) is 6.00. The molecule has 0 saturated carbocycles. The Hall–Kier alpha value is -1.47. The normalized spacial score (nSPS) is 10.2. The van der Waals surface area contributed by atoms with Crippen LogP contribution in [0.25, 0.3) is 0 Å². The molecule has 114 valence electrons. The van der Waals surface area contributed by atoms with E-state index >= 15 is 0 Å². The number of carbonyl (C=O) groups excluding carboxylic acids is 1. The summed E-state index contributed by atoms with van der Waals surface area (Å²) >= 11 is 7.54. The fourth-order valence-electron chi connectivity index (χ4n) is 2.03. The van der Waals surface area contributed by atoms with E-state index in [1.807, 2.05) is 45.0 Å². The van der Waals surface area contributed by atoms with Gasteiger partial charge in [0.25, 0.3) is 5.91 Å². The van der Waals surface area contributed by atoms with Crippen molar-refractivity contribution in [2.24, 2.45) is 0 Å². The number of anilines is 1. The molecular weight excluding hydrogens is 407 g/mol. The van der Waals surface area contributed by atoms with Crippen LogP contribution in [0, 0.1) is 24.3 Å². The quantitative estimate of drug-likeness (QED) is 0.557. The number of benzene rings is 2. The van der Waals surface area contributed by atoms with Crippen LogP contribution < -0.4 is 10.6 Å². The molecule has 0 aromatic heterocycles. The number of thiocarbonyl (C=S) groups is 1. The Morgan fingerprint density at radius 3 is 2.50 bits per heavy atom. The van der Waals surface area contributed by atoms with Crippen molar-refractivity contribution < 1.29 is 4.79 Å². The van der Waals surface area contributed by atoms with Crippen LogP contribution in [0.3, 0.4) is 0 Å². The van der Waals surface area contributed by atoms with E-state index in [0.29, 0.717) is 10.7 Å². The summed E-state index contributed by atoms with van der Waals surface area (Å²) in [5.41, 5.74) is 4.80. The van der Waals surface area contributed by atoms with E-state index in [1.54, 1.807) is 6.07 Å². The van der Waals surface area contributed by atoms with E-state index in [1.165, 1.54) is 9.13 Å². The van der Waals surface area contributed by atoms with Gasteiger partial charge in [-0.15, -0.1) is 0 Å². The molecule has 0 atom stereocenters. The van der Waals surface area contributed by atoms with Gasteiger partial charge in [0.1, 0.15) is 0 Å². The summed E-state index contributed by atoms with van der Waals surface area (Å²) in [6.07, 6.45) is 0. The summed E-state index contributed by atoms with van der Waals surface area (Å²) in [7, 11) is 0. The molecule has 0 aliphatic heterocycles. The lowest BCUT2D eigenvalue weighted by Crippen LogP contribution is -2.34. The Labute approximate surface area is 149 Å². The Kier molecular flexibility index (Phi) is 5.52. The number of carbonyl (C=O) groups is 1. The summed E-state index contributed by atoms with van der Waals surface area (Å²) in [5, 5.41) is 6.10. The van der Waals surface area contributed by atoms with Crippen LogP contribution in [0.1, 0.15) is 27.0 Å². The molecule has 1 amide bonds. The Balaban J connectivity index is 2.07. The van der Waals surface area contributed by atoms with Crippen LogP contribution in [0.5, 0.6) is 0 Å². The predicted octanol–water partition coefficient (Wildman–Crippen LogP) is 4.34. The number of rotatable bonds is 2. The average Bonchev–Trinajstić information content (AvgIpc) is 2.44. The van der Waals surface area contributed by atoms with E-state index in [-0.39, 0.29) is 5.91 Å². The second-order valence-electron chi connectivity index (χ2n) is 5.19. The Morgan fingerprint density at radius 1 is 1.09 bits per heavy atom. The molecule has 2 N–H and O–H groups in total. The van der Waals surface area contributed by atoms with Gasteiger partial charge in [0, 0.05) is 14.8 Å². The number of aryl methyl sites for hydroxylation is 3. The highest BCUT2D eigenvalue weighted by atomic mass is 127. The van der Waals surface area contributed by atoms with Crippen LogP contribution in [-0.4, -0.2) is 11.0 Å². The Morgan fingerprint density at radius 2 is 1.82 bits per heavy atom. The third-order valence-corrected chi connectivity index (χ3v) is 4.63. The van der Waals surface area contributed by atoms with Crippen molar-refractivity contribution >= 4 is 51.5 Å². The third kappa shape index (κ3) is 4.27. The standard InChI is InChI=1S/C17H17IN2OS/c1-10-5-4-6-13(7-10)16(21)20-17(22)19-15-9-11(2)14(18)8-12(15)3/h4-9H,1-3H3,(H2,19,20,21,22). The molecule has 0 saturated heterocycles. The summed E-state index contributed by atoms with van der Waals surface area (Å²) < 4.78 is 1.20. The highest BCUT2D eigenvalue weighted by molar-refractivity contribution is 14.1. The highest BCUT2D eigenvalue weighted by Gasteiger charge is 2.09. The summed E-state index contributed by atoms with van der Waals surface area (Å²) in [5.74, 6) is -0.207. The summed E-state index contributed by atoms with van der Waals surface area (Å²) in [4.78, 5) is 12.2. The molecule has 0 spiro atoms. The summed E-state index contributed by atoms with van der Waals surface area (Å²) in [6, 6.07) is 11.5. The number of amides is 1. The van der Waals surface area contributed by atoms with Crippen molar-refractivity contribution in [1.82, 2.24) is 5.32 Å². The maximum absolute atomic E-state index is 12.2. The van der Waals surface area contributed by atoms with Crippen molar-refractivity contribution in [2.45, 2.75) is 20.8 Å². The van der Waals surface area contributed by atoms with Crippen LogP contribution in [0.4, 0.5) is 5.69 Å². The zero-order valence-electron chi connectivity index (χ0n) is 12.7. The van der Waals surface area contributed by atoms with E-state index in [9.17, 15) is 4.79 Å². The number of halogens is 1. The van der Waals surface area contributed by atoms with E-state index in [0.717, 1.165) is 16.8 Å². The van der Waals surface area contributed by atoms with Crippen molar-refractivity contribution in [3.8, 4) is 0 Å². The molecule has 0 aliphatic rings. The molecule has 0 radical (unpaired) electrons. The smallest absolute Gasteiger partial charge is 0.257 e. The first kappa shape index (κ1) is 16.9. The SMILES string of the molecule is Cc1cccc(C(=O)NC(=S)Nc2cc(C)c(I)cc2C)c1. The highest BCUT2D eigenvalue weighted by Crippen LogP contribution is 2.21. The minimum absolute atomic E-state index is 0.207. The minimum Gasteiger partial charge on any atom is -0.332 e. The van der Waals surface area contributed by atoms with Gasteiger partial charge in [-0.2, -0.15) is 0 Å². The topological polar surface area (TPSA) is 41.1 Å². The molecule has 0 fully saturated rings. The third-order valence-electron chi connectivity index (χ3n) is 3.26. The molecule has 0 aliphatic carbocycles. The van der Waals surface area contributed by atoms with Gasteiger partial charge in [0.05, 0.1) is 0 Å². The number of hydrogen-bond donors (Lipinski definition) is 2. The van der Waals surface area contributed by atoms with Gasteiger partial charge >= 0.3 is 0 Å². The van der Waals surface area contributed by atoms with Crippen molar-refractivity contribution in [3.63, 3.8) is 0 Å². The minimum atomic E-state index is -0.207. The van der Waals surface area contributed by atoms with Crippen LogP contribution in [-0.2, 0) is 0 Å². The fraction of sp³-hybridized carbons (Fsp3) is 0.176. The monoisotopic (exact) mass is 424 g/mol. The van der Waals surface area contributed by atoms with E-state index in [4.69, 9.17) is 12.2 Å². The number of nitrogens with one attached hydrogen (secondary N) is 2. The maximum Gasteiger partial charge on any atom is 0.257 e. The largest absolute Gasteiger partial charge is 0.332 e. The average molecular weight is 424 g/mol. The fourth-order valence-corrected chi connectivity index (χ4v) is 2.86. The van der Waals surface area contributed by atoms with Crippen molar-refractivity contribution in [2.75, 3.05) is 5.32 Å².